The maximum atomic E-state index is 13.4. The Morgan fingerprint density at radius 1 is 0.784 bits per heavy atom. The minimum absolute atomic E-state index is 0.00259. The fourth-order valence-corrected chi connectivity index (χ4v) is 5.38. The molecule has 0 radical (unpaired) electrons. The van der Waals surface area contributed by atoms with Crippen molar-refractivity contribution in [1.29, 1.82) is 0 Å². The Kier molecular flexibility index (Phi) is 8.74. The van der Waals surface area contributed by atoms with Crippen molar-refractivity contribution in [2.24, 2.45) is 0 Å². The van der Waals surface area contributed by atoms with Gasteiger partial charge in [-0.05, 0) is 78.4 Å². The van der Waals surface area contributed by atoms with Crippen molar-refractivity contribution in [3.05, 3.63) is 118 Å². The monoisotopic (exact) mass is 574 g/mol. The van der Waals surface area contributed by atoms with E-state index in [0.29, 0.717) is 37.8 Å². The van der Waals surface area contributed by atoms with Crippen LogP contribution in [0, 0.1) is 0 Å². The van der Waals surface area contributed by atoms with Crippen LogP contribution in [0.25, 0.3) is 0 Å². The second kappa shape index (κ2) is 12.0. The van der Waals surface area contributed by atoms with Crippen LogP contribution in [0.3, 0.4) is 0 Å². The molecule has 0 aromatic heterocycles. The Morgan fingerprint density at radius 2 is 1.41 bits per heavy atom. The Labute approximate surface area is 230 Å². The third-order valence-electron chi connectivity index (χ3n) is 5.25. The molecular formula is C27H21Cl3N2O4S. The van der Waals surface area contributed by atoms with Gasteiger partial charge in [-0.25, -0.2) is 8.42 Å². The van der Waals surface area contributed by atoms with Gasteiger partial charge in [-0.2, -0.15) is 4.31 Å². The molecule has 1 amide bonds. The standard InChI is InChI=1S/C27H21Cl3N2O4S/c28-20-8-14-25(15-9-20)37(34,35)32(17-19-6-7-21(29)16-26(19)30)18-27(33)31-22-10-12-24(13-11-22)36-23-4-2-1-3-5-23/h1-16H,17-18H2,(H,31,33). The average Bonchev–Trinajstić information content (AvgIpc) is 2.87. The van der Waals surface area contributed by atoms with Crippen molar-refractivity contribution < 1.29 is 17.9 Å². The first-order valence-electron chi connectivity index (χ1n) is 11.0. The number of rotatable bonds is 9. The first-order valence-corrected chi connectivity index (χ1v) is 13.6. The molecule has 0 saturated carbocycles. The van der Waals surface area contributed by atoms with Gasteiger partial charge in [-0.15, -0.1) is 0 Å². The molecule has 6 nitrogen and oxygen atoms in total. The minimum atomic E-state index is -4.07. The molecule has 0 fully saturated rings. The first kappa shape index (κ1) is 27.0. The molecule has 0 saturated heterocycles. The lowest BCUT2D eigenvalue weighted by Gasteiger charge is -2.22. The Bertz CT molecular complexity index is 1480. The van der Waals surface area contributed by atoms with Gasteiger partial charge in [0.1, 0.15) is 11.5 Å². The molecule has 0 spiro atoms. The predicted molar refractivity (Wildman–Crippen MR) is 147 cm³/mol. The van der Waals surface area contributed by atoms with Gasteiger partial charge in [-0.3, -0.25) is 4.79 Å². The molecule has 0 heterocycles. The number of para-hydroxylation sites is 1. The number of hydrogen-bond acceptors (Lipinski definition) is 4. The van der Waals surface area contributed by atoms with E-state index >= 15 is 0 Å². The van der Waals surface area contributed by atoms with Crippen LogP contribution in [0.2, 0.25) is 15.1 Å². The zero-order chi connectivity index (χ0) is 26.4. The highest BCUT2D eigenvalue weighted by molar-refractivity contribution is 7.89. The molecule has 0 aliphatic rings. The summed E-state index contributed by atoms with van der Waals surface area (Å²) in [7, 11) is -4.07. The zero-order valence-corrected chi connectivity index (χ0v) is 22.4. The van der Waals surface area contributed by atoms with Crippen molar-refractivity contribution in [3.8, 4) is 11.5 Å². The van der Waals surface area contributed by atoms with Crippen molar-refractivity contribution in [3.63, 3.8) is 0 Å². The summed E-state index contributed by atoms with van der Waals surface area (Å²) in [5, 5.41) is 3.83. The summed E-state index contributed by atoms with van der Waals surface area (Å²) in [4.78, 5) is 12.9. The van der Waals surface area contributed by atoms with Crippen LogP contribution in [0.5, 0.6) is 11.5 Å². The molecule has 0 bridgehead atoms. The Morgan fingerprint density at radius 3 is 2.05 bits per heavy atom. The van der Waals surface area contributed by atoms with Gasteiger partial charge in [0.2, 0.25) is 15.9 Å². The molecule has 0 aliphatic heterocycles. The zero-order valence-electron chi connectivity index (χ0n) is 19.3. The van der Waals surface area contributed by atoms with Crippen molar-refractivity contribution in [2.75, 3.05) is 11.9 Å². The second-order valence-corrected chi connectivity index (χ2v) is 11.2. The topological polar surface area (TPSA) is 75.7 Å². The van der Waals surface area contributed by atoms with Gasteiger partial charge < -0.3 is 10.1 Å². The van der Waals surface area contributed by atoms with E-state index < -0.39 is 22.5 Å². The normalized spacial score (nSPS) is 11.4. The number of sulfonamides is 1. The number of benzene rings is 4. The molecule has 0 unspecified atom stereocenters. The fraction of sp³-hybridized carbons (Fsp3) is 0.0741. The van der Waals surface area contributed by atoms with Crippen LogP contribution in [0.4, 0.5) is 5.69 Å². The number of anilines is 1. The van der Waals surface area contributed by atoms with Crippen LogP contribution < -0.4 is 10.1 Å². The molecule has 4 aromatic rings. The van der Waals surface area contributed by atoms with Crippen molar-refractivity contribution in [1.82, 2.24) is 4.31 Å². The van der Waals surface area contributed by atoms with Crippen molar-refractivity contribution >= 4 is 56.4 Å². The number of halogens is 3. The molecule has 190 valence electrons. The quantitative estimate of drug-likeness (QED) is 0.228. The number of ether oxygens (including phenoxy) is 1. The van der Waals surface area contributed by atoms with Crippen LogP contribution in [-0.2, 0) is 21.4 Å². The number of carbonyl (C=O) groups excluding carboxylic acids is 1. The molecule has 0 atom stereocenters. The van der Waals surface area contributed by atoms with Gasteiger partial charge in [0.15, 0.2) is 0 Å². The summed E-state index contributed by atoms with van der Waals surface area (Å²) < 4.78 is 33.7. The molecule has 10 heteroatoms. The van der Waals surface area contributed by atoms with Gasteiger partial charge in [0.05, 0.1) is 11.4 Å². The van der Waals surface area contributed by atoms with Crippen molar-refractivity contribution in [2.45, 2.75) is 11.4 Å². The largest absolute Gasteiger partial charge is 0.457 e. The Hall–Kier alpha value is -3.07. The minimum Gasteiger partial charge on any atom is -0.457 e. The molecular weight excluding hydrogens is 555 g/mol. The van der Waals surface area contributed by atoms with E-state index in [1.54, 1.807) is 36.4 Å². The number of nitrogens with zero attached hydrogens (tertiary/aromatic N) is 1. The maximum absolute atomic E-state index is 13.4. The van der Waals surface area contributed by atoms with Gasteiger partial charge in [0, 0.05) is 27.3 Å². The smallest absolute Gasteiger partial charge is 0.243 e. The lowest BCUT2D eigenvalue weighted by atomic mass is 10.2. The van der Waals surface area contributed by atoms with E-state index in [-0.39, 0.29) is 11.4 Å². The van der Waals surface area contributed by atoms with E-state index in [2.05, 4.69) is 5.32 Å². The van der Waals surface area contributed by atoms with E-state index in [9.17, 15) is 13.2 Å². The summed E-state index contributed by atoms with van der Waals surface area (Å²) >= 11 is 18.2. The number of nitrogens with one attached hydrogen (secondary N) is 1. The lowest BCUT2D eigenvalue weighted by Crippen LogP contribution is -2.37. The molecule has 4 rings (SSSR count). The van der Waals surface area contributed by atoms with Crippen LogP contribution in [-0.4, -0.2) is 25.2 Å². The van der Waals surface area contributed by atoms with Gasteiger partial charge >= 0.3 is 0 Å². The first-order chi connectivity index (χ1) is 17.7. The molecule has 0 aliphatic carbocycles. The Balaban J connectivity index is 1.52. The van der Waals surface area contributed by atoms with Crippen LogP contribution in [0.1, 0.15) is 5.56 Å². The highest BCUT2D eigenvalue weighted by Gasteiger charge is 2.27. The van der Waals surface area contributed by atoms with Gasteiger partial charge in [-0.1, -0.05) is 59.1 Å². The predicted octanol–water partition coefficient (Wildman–Crippen LogP) is 7.27. The van der Waals surface area contributed by atoms with Crippen LogP contribution >= 0.6 is 34.8 Å². The van der Waals surface area contributed by atoms with E-state index in [0.717, 1.165) is 4.31 Å². The van der Waals surface area contributed by atoms with E-state index in [4.69, 9.17) is 39.5 Å². The molecule has 37 heavy (non-hydrogen) atoms. The third kappa shape index (κ3) is 7.25. The summed E-state index contributed by atoms with van der Waals surface area (Å²) in [5.74, 6) is 0.746. The maximum Gasteiger partial charge on any atom is 0.243 e. The number of hydrogen-bond donors (Lipinski definition) is 1. The number of carbonyl (C=O) groups is 1. The van der Waals surface area contributed by atoms with Gasteiger partial charge in [0.25, 0.3) is 0 Å². The van der Waals surface area contributed by atoms with E-state index in [1.807, 2.05) is 30.3 Å². The summed E-state index contributed by atoms with van der Waals surface area (Å²) in [6, 6.07) is 26.5. The second-order valence-electron chi connectivity index (χ2n) is 7.95. The molecule has 1 N–H and O–H groups in total. The number of amides is 1. The molecule has 4 aromatic carbocycles. The fourth-order valence-electron chi connectivity index (χ4n) is 3.41. The SMILES string of the molecule is O=C(CN(Cc1ccc(Cl)cc1Cl)S(=O)(=O)c1ccc(Cl)cc1)Nc1ccc(Oc2ccccc2)cc1. The summed E-state index contributed by atoms with van der Waals surface area (Å²) in [6.45, 7) is -0.593. The van der Waals surface area contributed by atoms with E-state index in [1.165, 1.54) is 30.3 Å². The average molecular weight is 576 g/mol. The highest BCUT2D eigenvalue weighted by atomic mass is 35.5. The summed E-state index contributed by atoms with van der Waals surface area (Å²) in [5.41, 5.74) is 0.984. The lowest BCUT2D eigenvalue weighted by molar-refractivity contribution is -0.116. The third-order valence-corrected chi connectivity index (χ3v) is 7.90. The summed E-state index contributed by atoms with van der Waals surface area (Å²) in [6.07, 6.45) is 0. The highest BCUT2D eigenvalue weighted by Crippen LogP contribution is 2.26. The van der Waals surface area contributed by atoms with Crippen LogP contribution in [0.15, 0.2) is 102 Å².